The maximum atomic E-state index is 9.15. The first-order valence-corrected chi connectivity index (χ1v) is 10.9. The van der Waals surface area contributed by atoms with E-state index in [1.54, 1.807) is 0 Å². The van der Waals surface area contributed by atoms with E-state index in [9.17, 15) is 0 Å². The van der Waals surface area contributed by atoms with Gasteiger partial charge >= 0.3 is 0 Å². The second-order valence-corrected chi connectivity index (χ2v) is 8.07. The molecule has 0 aliphatic carbocycles. The molecule has 158 valence electrons. The first-order valence-electron chi connectivity index (χ1n) is 10.9. The molecule has 6 nitrogen and oxygen atoms in total. The first kappa shape index (κ1) is 20.0. The van der Waals surface area contributed by atoms with Crippen molar-refractivity contribution >= 4 is 22.4 Å². The van der Waals surface area contributed by atoms with Gasteiger partial charge in [0.25, 0.3) is 0 Å². The van der Waals surface area contributed by atoms with E-state index >= 15 is 0 Å². The maximum absolute atomic E-state index is 9.15. The molecule has 1 aliphatic heterocycles. The summed E-state index contributed by atoms with van der Waals surface area (Å²) in [6.07, 6.45) is 0.770. The van der Waals surface area contributed by atoms with E-state index in [-0.39, 0.29) is 0 Å². The summed E-state index contributed by atoms with van der Waals surface area (Å²) in [5.41, 5.74) is 3.65. The summed E-state index contributed by atoms with van der Waals surface area (Å²) in [6.45, 7) is 5.27. The Morgan fingerprint density at radius 3 is 2.22 bits per heavy atom. The molecule has 4 aromatic rings. The third-order valence-electron chi connectivity index (χ3n) is 6.05. The molecule has 6 heteroatoms. The summed E-state index contributed by atoms with van der Waals surface area (Å²) < 4.78 is 0. The van der Waals surface area contributed by atoms with Gasteiger partial charge in [0.1, 0.15) is 11.9 Å². The number of anilines is 2. The van der Waals surface area contributed by atoms with E-state index in [2.05, 4.69) is 79.6 Å². The van der Waals surface area contributed by atoms with E-state index in [0.29, 0.717) is 5.56 Å². The molecule has 0 atom stereocenters. The van der Waals surface area contributed by atoms with Gasteiger partial charge in [-0.3, -0.25) is 0 Å². The third-order valence-corrected chi connectivity index (χ3v) is 6.05. The van der Waals surface area contributed by atoms with E-state index in [0.717, 1.165) is 66.4 Å². The highest BCUT2D eigenvalue weighted by Gasteiger charge is 2.22. The zero-order valence-electron chi connectivity index (χ0n) is 18.1. The highest BCUT2D eigenvalue weighted by Crippen LogP contribution is 2.28. The summed E-state index contributed by atoms with van der Waals surface area (Å²) in [4.78, 5) is 9.21. The number of fused-ring (bicyclic) bond motifs is 1. The molecular formula is C26H24N6. The van der Waals surface area contributed by atoms with Crippen LogP contribution >= 0.6 is 0 Å². The molecule has 0 N–H and O–H groups in total. The van der Waals surface area contributed by atoms with Crippen molar-refractivity contribution in [3.8, 4) is 6.07 Å². The van der Waals surface area contributed by atoms with Gasteiger partial charge in [0, 0.05) is 43.4 Å². The number of rotatable bonds is 4. The van der Waals surface area contributed by atoms with Crippen LogP contribution in [-0.4, -0.2) is 41.4 Å². The molecule has 0 amide bonds. The van der Waals surface area contributed by atoms with Gasteiger partial charge in [0.15, 0.2) is 5.82 Å². The average Bonchev–Trinajstić information content (AvgIpc) is 2.85. The lowest BCUT2D eigenvalue weighted by Gasteiger charge is -2.36. The van der Waals surface area contributed by atoms with Crippen LogP contribution in [0.4, 0.5) is 11.6 Å². The molecule has 1 fully saturated rings. The van der Waals surface area contributed by atoms with Gasteiger partial charge in [-0.1, -0.05) is 54.6 Å². The number of benzene rings is 2. The van der Waals surface area contributed by atoms with Crippen LogP contribution in [0.1, 0.15) is 22.5 Å². The molecular weight excluding hydrogens is 396 g/mol. The van der Waals surface area contributed by atoms with Crippen LogP contribution in [0.2, 0.25) is 0 Å². The highest BCUT2D eigenvalue weighted by atomic mass is 15.3. The molecule has 3 heterocycles. The van der Waals surface area contributed by atoms with Crippen molar-refractivity contribution in [3.05, 3.63) is 89.2 Å². The van der Waals surface area contributed by atoms with Crippen LogP contribution in [0.25, 0.3) is 10.8 Å². The lowest BCUT2D eigenvalue weighted by Crippen LogP contribution is -2.47. The topological polar surface area (TPSA) is 68.9 Å². The Morgan fingerprint density at radius 1 is 0.812 bits per heavy atom. The van der Waals surface area contributed by atoms with Gasteiger partial charge in [-0.05, 0) is 24.6 Å². The molecule has 0 saturated carbocycles. The fourth-order valence-electron chi connectivity index (χ4n) is 4.29. The van der Waals surface area contributed by atoms with Crippen molar-refractivity contribution in [2.45, 2.75) is 13.3 Å². The number of aromatic nitrogens is 3. The zero-order valence-corrected chi connectivity index (χ0v) is 18.1. The fraction of sp³-hybridized carbons (Fsp3) is 0.231. The maximum Gasteiger partial charge on any atom is 0.159 e. The smallest absolute Gasteiger partial charge is 0.159 e. The van der Waals surface area contributed by atoms with Crippen molar-refractivity contribution in [3.63, 3.8) is 0 Å². The molecule has 1 aliphatic rings. The number of hydrogen-bond donors (Lipinski definition) is 0. The van der Waals surface area contributed by atoms with Gasteiger partial charge in [-0.2, -0.15) is 10.4 Å². The summed E-state index contributed by atoms with van der Waals surface area (Å²) in [5, 5.41) is 20.8. The van der Waals surface area contributed by atoms with E-state index in [1.165, 1.54) is 5.56 Å². The SMILES string of the molecule is Cc1nc(N2CCN(c3nnc(Cc4ccccc4)c4ccccc34)CC2)ccc1C#N. The average molecular weight is 421 g/mol. The predicted octanol–water partition coefficient (Wildman–Crippen LogP) is 4.12. The van der Waals surface area contributed by atoms with Gasteiger partial charge in [-0.15, -0.1) is 5.10 Å². The van der Waals surface area contributed by atoms with Gasteiger partial charge in [0.2, 0.25) is 0 Å². The molecule has 0 spiro atoms. The highest BCUT2D eigenvalue weighted by molar-refractivity contribution is 5.93. The van der Waals surface area contributed by atoms with Crippen molar-refractivity contribution < 1.29 is 0 Å². The predicted molar refractivity (Wildman–Crippen MR) is 127 cm³/mol. The minimum atomic E-state index is 0.629. The number of nitrogens with zero attached hydrogens (tertiary/aromatic N) is 6. The minimum Gasteiger partial charge on any atom is -0.353 e. The summed E-state index contributed by atoms with van der Waals surface area (Å²) >= 11 is 0. The normalized spacial score (nSPS) is 13.9. The summed E-state index contributed by atoms with van der Waals surface area (Å²) in [5.74, 6) is 1.87. The summed E-state index contributed by atoms with van der Waals surface area (Å²) in [7, 11) is 0. The second-order valence-electron chi connectivity index (χ2n) is 8.07. The van der Waals surface area contributed by atoms with Crippen LogP contribution in [0.15, 0.2) is 66.7 Å². The Kier molecular flexibility index (Phi) is 5.39. The molecule has 2 aromatic heterocycles. The van der Waals surface area contributed by atoms with Crippen LogP contribution in [0.3, 0.4) is 0 Å². The standard InChI is InChI=1S/C26H24N6/c1-19-21(18-27)11-12-25(28-19)31-13-15-32(16-14-31)26-23-10-6-5-9-22(23)24(29-30-26)17-20-7-3-2-4-8-20/h2-12H,13-17H2,1H3. The number of pyridine rings is 1. The quantitative estimate of drug-likeness (QED) is 0.495. The molecule has 0 radical (unpaired) electrons. The lowest BCUT2D eigenvalue weighted by atomic mass is 10.0. The van der Waals surface area contributed by atoms with Gasteiger partial charge in [-0.25, -0.2) is 4.98 Å². The van der Waals surface area contributed by atoms with Crippen molar-refractivity contribution in [2.75, 3.05) is 36.0 Å². The number of aryl methyl sites for hydroxylation is 1. The van der Waals surface area contributed by atoms with Crippen LogP contribution in [0.5, 0.6) is 0 Å². The Morgan fingerprint density at radius 2 is 1.50 bits per heavy atom. The Hall–Kier alpha value is -3.98. The Bertz CT molecular complexity index is 1290. The van der Waals surface area contributed by atoms with Gasteiger partial charge < -0.3 is 9.80 Å². The molecule has 0 bridgehead atoms. The molecule has 32 heavy (non-hydrogen) atoms. The number of nitriles is 1. The van der Waals surface area contributed by atoms with E-state index in [4.69, 9.17) is 5.26 Å². The van der Waals surface area contributed by atoms with E-state index < -0.39 is 0 Å². The second kappa shape index (κ2) is 8.64. The monoisotopic (exact) mass is 420 g/mol. The minimum absolute atomic E-state index is 0.629. The van der Waals surface area contributed by atoms with Crippen molar-refractivity contribution in [2.24, 2.45) is 0 Å². The summed E-state index contributed by atoms with van der Waals surface area (Å²) in [6, 6.07) is 24.8. The number of piperazine rings is 1. The zero-order chi connectivity index (χ0) is 21.9. The van der Waals surface area contributed by atoms with Crippen LogP contribution in [0, 0.1) is 18.3 Å². The van der Waals surface area contributed by atoms with Crippen molar-refractivity contribution in [1.29, 1.82) is 5.26 Å². The number of hydrogen-bond acceptors (Lipinski definition) is 6. The molecule has 0 unspecified atom stereocenters. The van der Waals surface area contributed by atoms with Crippen LogP contribution in [-0.2, 0) is 6.42 Å². The fourth-order valence-corrected chi connectivity index (χ4v) is 4.29. The molecule has 5 rings (SSSR count). The van der Waals surface area contributed by atoms with Crippen molar-refractivity contribution in [1.82, 2.24) is 15.2 Å². The Labute approximate surface area is 187 Å². The molecule has 2 aromatic carbocycles. The largest absolute Gasteiger partial charge is 0.353 e. The van der Waals surface area contributed by atoms with Crippen LogP contribution < -0.4 is 9.80 Å². The third kappa shape index (κ3) is 3.85. The van der Waals surface area contributed by atoms with Gasteiger partial charge in [0.05, 0.1) is 17.0 Å². The Balaban J connectivity index is 1.37. The van der Waals surface area contributed by atoms with E-state index in [1.807, 2.05) is 25.1 Å². The molecule has 1 saturated heterocycles. The lowest BCUT2D eigenvalue weighted by molar-refractivity contribution is 0.639. The first-order chi connectivity index (χ1) is 15.7.